The molecule has 0 bridgehead atoms. The highest BCUT2D eigenvalue weighted by Gasteiger charge is 2.29. The smallest absolute Gasteiger partial charge is 0.192 e. The Hall–Kier alpha value is -0.410. The van der Waals surface area contributed by atoms with Crippen LogP contribution in [0.25, 0.3) is 0 Å². The second kappa shape index (κ2) is 4.01. The van der Waals surface area contributed by atoms with E-state index in [0.717, 1.165) is 0 Å². The summed E-state index contributed by atoms with van der Waals surface area (Å²) < 4.78 is 5.23. The second-order valence-electron chi connectivity index (χ2n) is 3.75. The molecule has 0 spiro atoms. The minimum atomic E-state index is -1.30. The zero-order valence-corrected chi connectivity index (χ0v) is 8.42. The van der Waals surface area contributed by atoms with Gasteiger partial charge in [0.2, 0.25) is 0 Å². The van der Waals surface area contributed by atoms with Crippen LogP contribution in [-0.4, -0.2) is 28.7 Å². The molecule has 1 N–H and O–H groups in total. The van der Waals surface area contributed by atoms with Crippen molar-refractivity contribution in [3.8, 4) is 0 Å². The van der Waals surface area contributed by atoms with Crippen molar-refractivity contribution in [3.05, 3.63) is 0 Å². The van der Waals surface area contributed by atoms with Crippen LogP contribution in [0.15, 0.2) is 0 Å². The van der Waals surface area contributed by atoms with Gasteiger partial charge in [-0.25, -0.2) is 0 Å². The van der Waals surface area contributed by atoms with Gasteiger partial charge < -0.3 is 9.84 Å². The number of hydrogen-bond donors (Lipinski definition) is 1. The average molecular weight is 174 g/mol. The number of aliphatic hydroxyl groups is 1. The van der Waals surface area contributed by atoms with Gasteiger partial charge in [0.15, 0.2) is 5.78 Å². The Morgan fingerprint density at radius 1 is 1.33 bits per heavy atom. The zero-order chi connectivity index (χ0) is 9.94. The standard InChI is InChI=1S/C9H18O3/c1-6(2)12-7(3)8(10)9(4,5)11/h6-7,11H,1-5H3. The normalized spacial score (nSPS) is 14.9. The van der Waals surface area contributed by atoms with Gasteiger partial charge in [-0.3, -0.25) is 4.79 Å². The summed E-state index contributed by atoms with van der Waals surface area (Å²) in [5.74, 6) is -0.281. The van der Waals surface area contributed by atoms with Crippen molar-refractivity contribution in [1.29, 1.82) is 0 Å². The molecular formula is C9H18O3. The quantitative estimate of drug-likeness (QED) is 0.695. The summed E-state index contributed by atoms with van der Waals surface area (Å²) in [7, 11) is 0. The monoisotopic (exact) mass is 174 g/mol. The van der Waals surface area contributed by atoms with E-state index in [1.807, 2.05) is 13.8 Å². The van der Waals surface area contributed by atoms with Crippen molar-refractivity contribution in [2.75, 3.05) is 0 Å². The van der Waals surface area contributed by atoms with Crippen LogP contribution in [0.4, 0.5) is 0 Å². The van der Waals surface area contributed by atoms with Crippen molar-refractivity contribution in [2.45, 2.75) is 52.4 Å². The van der Waals surface area contributed by atoms with Gasteiger partial charge >= 0.3 is 0 Å². The second-order valence-corrected chi connectivity index (χ2v) is 3.75. The first kappa shape index (κ1) is 11.6. The molecule has 3 heteroatoms. The lowest BCUT2D eigenvalue weighted by molar-refractivity contribution is -0.147. The first-order valence-electron chi connectivity index (χ1n) is 4.17. The lowest BCUT2D eigenvalue weighted by Crippen LogP contribution is -2.40. The van der Waals surface area contributed by atoms with Crippen LogP contribution >= 0.6 is 0 Å². The highest BCUT2D eigenvalue weighted by molar-refractivity contribution is 5.89. The summed E-state index contributed by atoms with van der Waals surface area (Å²) in [6.45, 7) is 8.30. The molecule has 0 aromatic rings. The fraction of sp³-hybridized carbons (Fsp3) is 0.889. The molecule has 1 unspecified atom stereocenters. The summed E-state index contributed by atoms with van der Waals surface area (Å²) in [5, 5.41) is 9.34. The van der Waals surface area contributed by atoms with Gasteiger partial charge in [-0.1, -0.05) is 0 Å². The van der Waals surface area contributed by atoms with Crippen LogP contribution in [-0.2, 0) is 9.53 Å². The summed E-state index contributed by atoms with van der Waals surface area (Å²) in [6, 6.07) is 0. The van der Waals surface area contributed by atoms with Gasteiger partial charge in [0, 0.05) is 0 Å². The van der Waals surface area contributed by atoms with Crippen LogP contribution in [0.3, 0.4) is 0 Å². The van der Waals surface area contributed by atoms with E-state index in [1.165, 1.54) is 13.8 Å². The van der Waals surface area contributed by atoms with Gasteiger partial charge in [0.05, 0.1) is 6.10 Å². The Bertz CT molecular complexity index is 156. The van der Waals surface area contributed by atoms with Crippen molar-refractivity contribution in [3.63, 3.8) is 0 Å². The topological polar surface area (TPSA) is 46.5 Å². The van der Waals surface area contributed by atoms with Crippen LogP contribution < -0.4 is 0 Å². The van der Waals surface area contributed by atoms with Crippen LogP contribution in [0.5, 0.6) is 0 Å². The minimum absolute atomic E-state index is 0.00583. The Morgan fingerprint density at radius 2 is 1.75 bits per heavy atom. The van der Waals surface area contributed by atoms with Crippen molar-refractivity contribution < 1.29 is 14.6 Å². The SMILES string of the molecule is CC(C)OC(C)C(=O)C(C)(C)O. The van der Waals surface area contributed by atoms with Gasteiger partial charge in [0.1, 0.15) is 11.7 Å². The Kier molecular flexibility index (Phi) is 3.87. The molecule has 0 radical (unpaired) electrons. The average Bonchev–Trinajstić information content (AvgIpc) is 1.82. The molecule has 0 aromatic carbocycles. The maximum absolute atomic E-state index is 11.3. The number of ketones is 1. The van der Waals surface area contributed by atoms with Crippen LogP contribution in [0.2, 0.25) is 0 Å². The van der Waals surface area contributed by atoms with Gasteiger partial charge in [0.25, 0.3) is 0 Å². The maximum Gasteiger partial charge on any atom is 0.192 e. The van der Waals surface area contributed by atoms with Crippen molar-refractivity contribution in [2.24, 2.45) is 0 Å². The third kappa shape index (κ3) is 3.83. The minimum Gasteiger partial charge on any atom is -0.383 e. The Labute approximate surface area is 73.7 Å². The van der Waals surface area contributed by atoms with E-state index in [-0.39, 0.29) is 11.9 Å². The fourth-order valence-electron chi connectivity index (χ4n) is 0.967. The Morgan fingerprint density at radius 3 is 2.00 bits per heavy atom. The molecule has 0 saturated heterocycles. The predicted octanol–water partition coefficient (Wildman–Crippen LogP) is 1.14. The molecule has 72 valence electrons. The largest absolute Gasteiger partial charge is 0.383 e. The number of rotatable bonds is 4. The summed E-state index contributed by atoms with van der Waals surface area (Å²) in [6.07, 6.45) is -0.531. The fourth-order valence-corrected chi connectivity index (χ4v) is 0.967. The molecule has 0 heterocycles. The van der Waals surface area contributed by atoms with Crippen molar-refractivity contribution >= 4 is 5.78 Å². The molecule has 0 aliphatic carbocycles. The molecule has 0 rings (SSSR count). The highest BCUT2D eigenvalue weighted by Crippen LogP contribution is 2.09. The zero-order valence-electron chi connectivity index (χ0n) is 8.42. The molecule has 0 aromatic heterocycles. The van der Waals surface area contributed by atoms with Crippen molar-refractivity contribution in [1.82, 2.24) is 0 Å². The molecular weight excluding hydrogens is 156 g/mol. The number of carbonyl (C=O) groups is 1. The number of Topliss-reactive ketones (excluding diaryl/α,β-unsaturated/α-hetero) is 1. The summed E-state index contributed by atoms with van der Waals surface area (Å²) >= 11 is 0. The van der Waals surface area contributed by atoms with Gasteiger partial charge in [-0.05, 0) is 34.6 Å². The molecule has 0 aliphatic heterocycles. The van der Waals surface area contributed by atoms with E-state index in [0.29, 0.717) is 0 Å². The van der Waals surface area contributed by atoms with E-state index in [4.69, 9.17) is 4.74 Å². The molecule has 0 fully saturated rings. The van der Waals surface area contributed by atoms with Crippen LogP contribution in [0, 0.1) is 0 Å². The van der Waals surface area contributed by atoms with E-state index in [9.17, 15) is 9.90 Å². The van der Waals surface area contributed by atoms with E-state index >= 15 is 0 Å². The lowest BCUT2D eigenvalue weighted by atomic mass is 10.00. The number of carbonyl (C=O) groups excluding carboxylic acids is 1. The first-order valence-corrected chi connectivity index (χ1v) is 4.17. The van der Waals surface area contributed by atoms with E-state index in [2.05, 4.69) is 0 Å². The number of ether oxygens (including phenoxy) is 1. The van der Waals surface area contributed by atoms with E-state index < -0.39 is 11.7 Å². The highest BCUT2D eigenvalue weighted by atomic mass is 16.5. The lowest BCUT2D eigenvalue weighted by Gasteiger charge is -2.22. The third-order valence-electron chi connectivity index (χ3n) is 1.45. The maximum atomic E-state index is 11.3. The molecule has 12 heavy (non-hydrogen) atoms. The molecule has 0 saturated carbocycles. The number of hydrogen-bond acceptors (Lipinski definition) is 3. The molecule has 0 aliphatic rings. The van der Waals surface area contributed by atoms with Crippen LogP contribution in [0.1, 0.15) is 34.6 Å². The van der Waals surface area contributed by atoms with Gasteiger partial charge in [-0.2, -0.15) is 0 Å². The van der Waals surface area contributed by atoms with E-state index in [1.54, 1.807) is 6.92 Å². The predicted molar refractivity (Wildman–Crippen MR) is 47.0 cm³/mol. The summed E-state index contributed by atoms with van der Waals surface area (Å²) in [4.78, 5) is 11.3. The first-order chi connectivity index (χ1) is 5.25. The Balaban J connectivity index is 4.12. The third-order valence-corrected chi connectivity index (χ3v) is 1.45. The molecule has 1 atom stereocenters. The molecule has 3 nitrogen and oxygen atoms in total. The van der Waals surface area contributed by atoms with Gasteiger partial charge in [-0.15, -0.1) is 0 Å². The summed E-state index contributed by atoms with van der Waals surface area (Å²) in [5.41, 5.74) is -1.30. The molecule has 0 amide bonds.